The third-order valence-electron chi connectivity index (χ3n) is 6.72. The first-order valence-corrected chi connectivity index (χ1v) is 14.7. The van der Waals surface area contributed by atoms with Gasteiger partial charge in [0.15, 0.2) is 0 Å². The molecule has 2 aromatic carbocycles. The number of aromatic nitrogens is 8. The van der Waals surface area contributed by atoms with E-state index in [-0.39, 0.29) is 45.0 Å². The summed E-state index contributed by atoms with van der Waals surface area (Å²) in [5, 5.41) is 27.7. The normalized spacial score (nSPS) is 10.3. The molecule has 51 heavy (non-hydrogen) atoms. The number of halogens is 2. The number of ether oxygens (including phenoxy) is 3. The number of carboxylic acid groups (broad SMARTS) is 1. The van der Waals surface area contributed by atoms with Gasteiger partial charge in [-0.25, -0.2) is 19.2 Å². The van der Waals surface area contributed by atoms with Crippen molar-refractivity contribution in [3.8, 4) is 0 Å². The Labute approximate surface area is 300 Å². The van der Waals surface area contributed by atoms with Crippen molar-refractivity contribution >= 4 is 68.9 Å². The maximum absolute atomic E-state index is 11.8. The monoisotopic (exact) mass is 738 g/mol. The average molecular weight is 740 g/mol. The molecule has 0 atom stereocenters. The number of carboxylic acids is 1. The summed E-state index contributed by atoms with van der Waals surface area (Å²) in [4.78, 5) is 57.1. The van der Waals surface area contributed by atoms with E-state index in [0.717, 1.165) is 44.8 Å². The molecule has 0 bridgehead atoms. The van der Waals surface area contributed by atoms with Gasteiger partial charge in [0, 0.05) is 23.2 Å². The SMILES string of the molecule is C.C.COC(=O)c1nn(Cc2ccc3ncc(Cl)cc3c2)nc1C(=O)O.COC(=O)c1nn(Cc2ccc3ncc(Cl)cc3c2)nc1C(=O)OC. The summed E-state index contributed by atoms with van der Waals surface area (Å²) in [7, 11) is 3.54. The predicted molar refractivity (Wildman–Crippen MR) is 186 cm³/mol. The standard InChI is InChI=1S/C16H13ClN4O4.C15H11ClN4O4.2CH4/c1-24-15(22)13-14(16(23)25-2)20-21(19-13)8-9-3-4-12-10(5-9)6-11(17)7-18-12;1-24-15(23)13-12(14(21)22)18-20(19-13)7-8-2-3-11-9(4-8)5-10(16)6-17-11;;/h3-7H,8H2,1-2H3;2-6H,7H2,1H3,(H,21,22);2*1H4. The molecule has 0 amide bonds. The molecule has 16 nitrogen and oxygen atoms in total. The van der Waals surface area contributed by atoms with Gasteiger partial charge >= 0.3 is 23.9 Å². The lowest BCUT2D eigenvalue weighted by Crippen LogP contribution is -2.11. The van der Waals surface area contributed by atoms with E-state index in [1.807, 2.05) is 36.4 Å². The van der Waals surface area contributed by atoms with Crippen LogP contribution < -0.4 is 0 Å². The lowest BCUT2D eigenvalue weighted by Gasteiger charge is -2.03. The second-order valence-corrected chi connectivity index (χ2v) is 10.9. The zero-order chi connectivity index (χ0) is 35.2. The largest absolute Gasteiger partial charge is 0.476 e. The van der Waals surface area contributed by atoms with Crippen molar-refractivity contribution in [2.45, 2.75) is 27.9 Å². The van der Waals surface area contributed by atoms with Crippen LogP contribution in [0.1, 0.15) is 67.9 Å². The molecule has 18 heteroatoms. The molecule has 0 radical (unpaired) electrons. The quantitative estimate of drug-likeness (QED) is 0.154. The highest BCUT2D eigenvalue weighted by Gasteiger charge is 2.26. The molecule has 0 fully saturated rings. The van der Waals surface area contributed by atoms with E-state index in [1.165, 1.54) is 19.0 Å². The molecule has 266 valence electrons. The van der Waals surface area contributed by atoms with E-state index < -0.39 is 29.6 Å². The van der Waals surface area contributed by atoms with Gasteiger partial charge in [0.25, 0.3) is 0 Å². The van der Waals surface area contributed by atoms with Crippen molar-refractivity contribution in [1.82, 2.24) is 40.0 Å². The molecular weight excluding hydrogens is 707 g/mol. The number of benzene rings is 2. The molecule has 6 aromatic rings. The minimum Gasteiger partial charge on any atom is -0.476 e. The first-order valence-electron chi connectivity index (χ1n) is 14.0. The van der Waals surface area contributed by atoms with Gasteiger partial charge in [-0.05, 0) is 47.5 Å². The maximum atomic E-state index is 11.8. The van der Waals surface area contributed by atoms with Crippen LogP contribution in [0.2, 0.25) is 10.0 Å². The third-order valence-corrected chi connectivity index (χ3v) is 7.14. The van der Waals surface area contributed by atoms with Gasteiger partial charge in [0.2, 0.25) is 22.8 Å². The van der Waals surface area contributed by atoms with Crippen LogP contribution in [0.15, 0.2) is 60.9 Å². The van der Waals surface area contributed by atoms with Gasteiger partial charge in [0.1, 0.15) is 0 Å². The Bertz CT molecular complexity index is 2200. The van der Waals surface area contributed by atoms with Gasteiger partial charge in [-0.1, -0.05) is 50.2 Å². The highest BCUT2D eigenvalue weighted by molar-refractivity contribution is 6.31. The smallest absolute Gasteiger partial charge is 0.361 e. The summed E-state index contributed by atoms with van der Waals surface area (Å²) in [6.45, 7) is 0.420. The zero-order valence-electron chi connectivity index (χ0n) is 25.8. The van der Waals surface area contributed by atoms with Gasteiger partial charge in [-0.3, -0.25) is 9.97 Å². The summed E-state index contributed by atoms with van der Waals surface area (Å²) in [5.74, 6) is -3.73. The van der Waals surface area contributed by atoms with Gasteiger partial charge in [-0.2, -0.15) is 9.59 Å². The van der Waals surface area contributed by atoms with E-state index in [9.17, 15) is 19.2 Å². The van der Waals surface area contributed by atoms with Crippen molar-refractivity contribution in [1.29, 1.82) is 0 Å². The van der Waals surface area contributed by atoms with Crippen LogP contribution in [0.25, 0.3) is 21.8 Å². The van der Waals surface area contributed by atoms with E-state index in [0.29, 0.717) is 10.0 Å². The van der Waals surface area contributed by atoms with E-state index >= 15 is 0 Å². The Morgan fingerprint density at radius 2 is 0.961 bits per heavy atom. The number of carbonyl (C=O) groups is 4. The van der Waals surface area contributed by atoms with E-state index in [2.05, 4.69) is 44.6 Å². The van der Waals surface area contributed by atoms with Crippen LogP contribution in [-0.2, 0) is 27.3 Å². The first kappa shape index (κ1) is 39.4. The van der Waals surface area contributed by atoms with Crippen molar-refractivity contribution in [3.63, 3.8) is 0 Å². The summed E-state index contributed by atoms with van der Waals surface area (Å²) < 4.78 is 13.8. The van der Waals surface area contributed by atoms with Gasteiger partial charge in [-0.15, -0.1) is 20.4 Å². The molecule has 0 unspecified atom stereocenters. The number of carbonyl (C=O) groups excluding carboxylic acids is 3. The molecular formula is C33H32Cl2N8O8. The zero-order valence-corrected chi connectivity index (χ0v) is 27.3. The van der Waals surface area contributed by atoms with Crippen molar-refractivity contribution in [3.05, 3.63) is 105 Å². The van der Waals surface area contributed by atoms with E-state index in [4.69, 9.17) is 28.3 Å². The molecule has 0 saturated heterocycles. The van der Waals surface area contributed by atoms with E-state index in [1.54, 1.807) is 24.5 Å². The molecule has 0 saturated carbocycles. The van der Waals surface area contributed by atoms with Crippen molar-refractivity contribution in [2.75, 3.05) is 21.3 Å². The molecule has 0 aliphatic heterocycles. The summed E-state index contributed by atoms with van der Waals surface area (Å²) >= 11 is 11.9. The molecule has 0 spiro atoms. The Balaban J connectivity index is 0.000000265. The summed E-state index contributed by atoms with van der Waals surface area (Å²) in [6.07, 6.45) is 3.13. The lowest BCUT2D eigenvalue weighted by molar-refractivity contribution is 0.0548. The highest BCUT2D eigenvalue weighted by atomic mass is 35.5. The molecule has 0 aliphatic rings. The number of hydrogen-bond acceptors (Lipinski definition) is 13. The molecule has 4 heterocycles. The minimum atomic E-state index is -1.35. The van der Waals surface area contributed by atoms with Crippen LogP contribution in [0.4, 0.5) is 0 Å². The molecule has 0 aliphatic carbocycles. The Morgan fingerprint density at radius 1 is 0.608 bits per heavy atom. The number of esters is 3. The number of hydrogen-bond donors (Lipinski definition) is 1. The second kappa shape index (κ2) is 17.1. The second-order valence-electron chi connectivity index (χ2n) is 10.00. The van der Waals surface area contributed by atoms with Crippen LogP contribution >= 0.6 is 23.2 Å². The first-order chi connectivity index (χ1) is 23.5. The summed E-state index contributed by atoms with van der Waals surface area (Å²) in [6, 6.07) is 14.6. The Hall–Kier alpha value is -6.00. The molecule has 1 N–H and O–H groups in total. The van der Waals surface area contributed by atoms with Crippen LogP contribution in [0.3, 0.4) is 0 Å². The van der Waals surface area contributed by atoms with Gasteiger partial charge < -0.3 is 19.3 Å². The number of rotatable bonds is 8. The lowest BCUT2D eigenvalue weighted by atomic mass is 10.1. The minimum absolute atomic E-state index is 0. The predicted octanol–water partition coefficient (Wildman–Crippen LogP) is 5.39. The fourth-order valence-electron chi connectivity index (χ4n) is 4.52. The van der Waals surface area contributed by atoms with Crippen molar-refractivity contribution < 1.29 is 38.5 Å². The van der Waals surface area contributed by atoms with Gasteiger partial charge in [0.05, 0.1) is 55.5 Å². The van der Waals surface area contributed by atoms with Crippen LogP contribution in [-0.4, -0.2) is 90.3 Å². The topological polar surface area (TPSA) is 203 Å². The Kier molecular flexibility index (Phi) is 13.2. The number of nitrogens with zero attached hydrogens (tertiary/aromatic N) is 8. The van der Waals surface area contributed by atoms with Crippen LogP contribution in [0.5, 0.6) is 0 Å². The third kappa shape index (κ3) is 9.17. The number of fused-ring (bicyclic) bond motifs is 2. The fourth-order valence-corrected chi connectivity index (χ4v) is 4.85. The number of methoxy groups -OCH3 is 3. The van der Waals surface area contributed by atoms with Crippen molar-refractivity contribution in [2.24, 2.45) is 0 Å². The summed E-state index contributed by atoms with van der Waals surface area (Å²) in [5.41, 5.74) is 2.04. The van der Waals surface area contributed by atoms with Crippen LogP contribution in [0, 0.1) is 0 Å². The number of aromatic carboxylic acids is 1. The average Bonchev–Trinajstić information content (AvgIpc) is 3.72. The highest BCUT2D eigenvalue weighted by Crippen LogP contribution is 2.20. The Morgan fingerprint density at radius 3 is 1.31 bits per heavy atom. The molecule has 4 aromatic heterocycles. The maximum Gasteiger partial charge on any atom is 0.361 e. The molecule has 6 rings (SSSR count). The fraction of sp³-hybridized carbons (Fsp3) is 0.212. The number of pyridine rings is 2.